The minimum atomic E-state index is -1.49. The van der Waals surface area contributed by atoms with E-state index in [4.69, 9.17) is 4.74 Å². The molecule has 0 aliphatic heterocycles. The molecule has 22 heavy (non-hydrogen) atoms. The zero-order valence-corrected chi connectivity index (χ0v) is 12.1. The number of benzene rings is 2. The number of halogens is 4. The van der Waals surface area contributed by atoms with Crippen molar-refractivity contribution in [2.75, 3.05) is 7.11 Å². The van der Waals surface area contributed by atoms with E-state index in [2.05, 4.69) is 5.32 Å². The van der Waals surface area contributed by atoms with Gasteiger partial charge in [0.1, 0.15) is 0 Å². The largest absolute Gasteiger partial charge is 0.494 e. The molecule has 1 unspecified atom stereocenters. The summed E-state index contributed by atoms with van der Waals surface area (Å²) >= 11 is 0. The Morgan fingerprint density at radius 1 is 1.00 bits per heavy atom. The highest BCUT2D eigenvalue weighted by atomic mass is 19.2. The summed E-state index contributed by atoms with van der Waals surface area (Å²) in [7, 11) is 1.37. The zero-order valence-electron chi connectivity index (χ0n) is 12.1. The van der Waals surface area contributed by atoms with Gasteiger partial charge in [-0.25, -0.2) is 17.6 Å². The molecule has 2 aromatic carbocycles. The van der Waals surface area contributed by atoms with Gasteiger partial charge in [0.2, 0.25) is 0 Å². The molecule has 0 amide bonds. The van der Waals surface area contributed by atoms with Gasteiger partial charge in [-0.05, 0) is 42.3 Å². The van der Waals surface area contributed by atoms with E-state index in [1.165, 1.54) is 19.2 Å². The summed E-state index contributed by atoms with van der Waals surface area (Å²) in [4.78, 5) is 0. The molecule has 1 atom stereocenters. The Labute approximate surface area is 125 Å². The molecule has 1 N–H and O–H groups in total. The van der Waals surface area contributed by atoms with E-state index in [1.807, 2.05) is 0 Å². The number of nitrogens with one attached hydrogen (secondary N) is 1. The van der Waals surface area contributed by atoms with Gasteiger partial charge >= 0.3 is 0 Å². The smallest absolute Gasteiger partial charge is 0.194 e. The number of hydrogen-bond donors (Lipinski definition) is 1. The van der Waals surface area contributed by atoms with Crippen molar-refractivity contribution in [3.8, 4) is 5.75 Å². The number of hydrogen-bond acceptors (Lipinski definition) is 2. The van der Waals surface area contributed by atoms with Crippen molar-refractivity contribution in [2.24, 2.45) is 0 Å². The van der Waals surface area contributed by atoms with Gasteiger partial charge in [0.05, 0.1) is 7.11 Å². The number of rotatable bonds is 5. The van der Waals surface area contributed by atoms with E-state index in [0.29, 0.717) is 5.56 Å². The fourth-order valence-electron chi connectivity index (χ4n) is 2.05. The third kappa shape index (κ3) is 3.57. The van der Waals surface area contributed by atoms with Crippen LogP contribution in [-0.4, -0.2) is 7.11 Å². The van der Waals surface area contributed by atoms with Crippen molar-refractivity contribution in [1.82, 2.24) is 5.32 Å². The van der Waals surface area contributed by atoms with Crippen LogP contribution in [0.25, 0.3) is 0 Å². The predicted octanol–water partition coefficient (Wildman–Crippen LogP) is 4.10. The normalized spacial score (nSPS) is 12.3. The summed E-state index contributed by atoms with van der Waals surface area (Å²) in [5.41, 5.74) is 0.915. The molecule has 0 saturated heterocycles. The van der Waals surface area contributed by atoms with Crippen LogP contribution in [0.1, 0.15) is 24.1 Å². The fourth-order valence-corrected chi connectivity index (χ4v) is 2.05. The first-order valence-electron chi connectivity index (χ1n) is 6.62. The molecule has 118 valence electrons. The second-order valence-corrected chi connectivity index (χ2v) is 4.87. The van der Waals surface area contributed by atoms with Gasteiger partial charge in [-0.1, -0.05) is 6.07 Å². The first kappa shape index (κ1) is 16.3. The lowest BCUT2D eigenvalue weighted by molar-refractivity contribution is 0.385. The summed E-state index contributed by atoms with van der Waals surface area (Å²) < 4.78 is 57.6. The first-order chi connectivity index (χ1) is 10.4. The van der Waals surface area contributed by atoms with Gasteiger partial charge < -0.3 is 10.1 Å². The Morgan fingerprint density at radius 2 is 1.64 bits per heavy atom. The van der Waals surface area contributed by atoms with Gasteiger partial charge in [0, 0.05) is 12.6 Å². The fraction of sp³-hybridized carbons (Fsp3) is 0.250. The van der Waals surface area contributed by atoms with Crippen molar-refractivity contribution < 1.29 is 22.3 Å². The predicted molar refractivity (Wildman–Crippen MR) is 74.5 cm³/mol. The Balaban J connectivity index is 2.06. The Hall–Kier alpha value is -2.08. The van der Waals surface area contributed by atoms with Gasteiger partial charge in [-0.3, -0.25) is 0 Å². The third-order valence-corrected chi connectivity index (χ3v) is 3.33. The van der Waals surface area contributed by atoms with Crippen LogP contribution in [0.15, 0.2) is 30.3 Å². The molecule has 2 nitrogen and oxygen atoms in total. The molecule has 0 saturated carbocycles. The molecule has 2 aromatic rings. The topological polar surface area (TPSA) is 21.3 Å². The summed E-state index contributed by atoms with van der Waals surface area (Å²) in [6.45, 7) is 1.89. The third-order valence-electron chi connectivity index (χ3n) is 3.33. The van der Waals surface area contributed by atoms with Crippen molar-refractivity contribution >= 4 is 0 Å². The molecule has 0 spiro atoms. The van der Waals surface area contributed by atoms with Crippen molar-refractivity contribution in [3.63, 3.8) is 0 Å². The molecule has 6 heteroatoms. The minimum absolute atomic E-state index is 0.114. The van der Waals surface area contributed by atoms with E-state index in [0.717, 1.165) is 12.1 Å². The monoisotopic (exact) mass is 313 g/mol. The van der Waals surface area contributed by atoms with E-state index in [1.54, 1.807) is 13.0 Å². The van der Waals surface area contributed by atoms with Gasteiger partial charge in [0.15, 0.2) is 29.0 Å². The van der Waals surface area contributed by atoms with Crippen LogP contribution in [-0.2, 0) is 6.54 Å². The molecule has 0 bridgehead atoms. The quantitative estimate of drug-likeness (QED) is 0.663. The first-order valence-corrected chi connectivity index (χ1v) is 6.62. The van der Waals surface area contributed by atoms with Crippen molar-refractivity contribution in [3.05, 3.63) is 64.7 Å². The van der Waals surface area contributed by atoms with Crippen LogP contribution in [0.2, 0.25) is 0 Å². The highest BCUT2D eigenvalue weighted by Gasteiger charge is 2.12. The molecule has 0 radical (unpaired) electrons. The maximum absolute atomic E-state index is 13.6. The average Bonchev–Trinajstić information content (AvgIpc) is 2.49. The van der Waals surface area contributed by atoms with Crippen LogP contribution < -0.4 is 10.1 Å². The molecule has 2 rings (SSSR count). The molecule has 0 heterocycles. The Kier molecular flexibility index (Phi) is 5.03. The van der Waals surface area contributed by atoms with Crippen LogP contribution >= 0.6 is 0 Å². The van der Waals surface area contributed by atoms with Crippen LogP contribution in [0.3, 0.4) is 0 Å². The lowest BCUT2D eigenvalue weighted by atomic mass is 10.1. The molecular weight excluding hydrogens is 298 g/mol. The molecular formula is C16H15F4NO. The van der Waals surface area contributed by atoms with Gasteiger partial charge in [-0.15, -0.1) is 0 Å². The zero-order chi connectivity index (χ0) is 16.3. The van der Waals surface area contributed by atoms with Crippen LogP contribution in [0, 0.1) is 23.3 Å². The standard InChI is InChI=1S/C16H15F4NO/c1-9(11-3-4-15(22-2)12(17)7-11)21-8-10-5-13(18)16(20)14(19)6-10/h3-7,9,21H,8H2,1-2H3. The lowest BCUT2D eigenvalue weighted by Crippen LogP contribution is -2.18. The van der Waals surface area contributed by atoms with Crippen LogP contribution in [0.4, 0.5) is 17.6 Å². The Morgan fingerprint density at radius 3 is 2.18 bits per heavy atom. The molecule has 0 aliphatic rings. The van der Waals surface area contributed by atoms with E-state index in [9.17, 15) is 17.6 Å². The average molecular weight is 313 g/mol. The van der Waals surface area contributed by atoms with E-state index >= 15 is 0 Å². The lowest BCUT2D eigenvalue weighted by Gasteiger charge is -2.15. The molecule has 0 aromatic heterocycles. The number of methoxy groups -OCH3 is 1. The second-order valence-electron chi connectivity index (χ2n) is 4.87. The molecule has 0 fully saturated rings. The van der Waals surface area contributed by atoms with Crippen molar-refractivity contribution in [2.45, 2.75) is 19.5 Å². The van der Waals surface area contributed by atoms with Gasteiger partial charge in [0.25, 0.3) is 0 Å². The summed E-state index contributed by atoms with van der Waals surface area (Å²) in [5, 5.41) is 2.99. The maximum atomic E-state index is 13.6. The summed E-state index contributed by atoms with van der Waals surface area (Å²) in [6.07, 6.45) is 0. The highest BCUT2D eigenvalue weighted by Crippen LogP contribution is 2.22. The highest BCUT2D eigenvalue weighted by molar-refractivity contribution is 5.31. The van der Waals surface area contributed by atoms with Crippen LogP contribution in [0.5, 0.6) is 5.75 Å². The van der Waals surface area contributed by atoms with Crippen molar-refractivity contribution in [1.29, 1.82) is 0 Å². The SMILES string of the molecule is COc1ccc(C(C)NCc2cc(F)c(F)c(F)c2)cc1F. The van der Waals surface area contributed by atoms with E-state index in [-0.39, 0.29) is 23.9 Å². The second kappa shape index (κ2) is 6.79. The summed E-state index contributed by atoms with van der Waals surface area (Å²) in [6, 6.07) is 6.09. The summed E-state index contributed by atoms with van der Waals surface area (Å²) in [5.74, 6) is -4.32. The molecule has 0 aliphatic carbocycles. The Bertz CT molecular complexity index is 652. The number of ether oxygens (including phenoxy) is 1. The minimum Gasteiger partial charge on any atom is -0.494 e. The van der Waals surface area contributed by atoms with E-state index < -0.39 is 23.3 Å². The van der Waals surface area contributed by atoms with Gasteiger partial charge in [-0.2, -0.15) is 0 Å². The maximum Gasteiger partial charge on any atom is 0.194 e.